The van der Waals surface area contributed by atoms with Crippen LogP contribution in [0.5, 0.6) is 0 Å². The Bertz CT molecular complexity index is 590. The Kier molecular flexibility index (Phi) is 6.02. The summed E-state index contributed by atoms with van der Waals surface area (Å²) < 4.78 is 13.5. The molecule has 0 spiro atoms. The van der Waals surface area contributed by atoms with Crippen molar-refractivity contribution in [2.24, 2.45) is 0 Å². The maximum atomic E-state index is 13.5. The van der Waals surface area contributed by atoms with Crippen LogP contribution in [0, 0.1) is 5.82 Å². The van der Waals surface area contributed by atoms with Crippen LogP contribution in [-0.4, -0.2) is 53.8 Å². The van der Waals surface area contributed by atoms with Crippen molar-refractivity contribution >= 4 is 11.8 Å². The third kappa shape index (κ3) is 5.25. The topological polar surface area (TPSA) is 66.0 Å². The molecule has 0 unspecified atom stereocenters. The van der Waals surface area contributed by atoms with Crippen molar-refractivity contribution in [2.45, 2.75) is 6.42 Å². The predicted molar refractivity (Wildman–Crippen MR) is 85.5 cm³/mol. The van der Waals surface area contributed by atoms with Crippen LogP contribution in [0.3, 0.4) is 0 Å². The Morgan fingerprint density at radius 3 is 2.73 bits per heavy atom. The molecule has 1 aromatic heterocycles. The minimum atomic E-state index is -0.192. The van der Waals surface area contributed by atoms with Crippen molar-refractivity contribution in [2.75, 3.05) is 44.4 Å². The van der Waals surface area contributed by atoms with E-state index in [2.05, 4.69) is 30.7 Å². The van der Waals surface area contributed by atoms with E-state index >= 15 is 0 Å². The molecule has 118 valence electrons. The van der Waals surface area contributed by atoms with Crippen LogP contribution < -0.4 is 10.6 Å². The van der Waals surface area contributed by atoms with Gasteiger partial charge in [0.15, 0.2) is 5.82 Å². The van der Waals surface area contributed by atoms with Gasteiger partial charge >= 0.3 is 0 Å². The summed E-state index contributed by atoms with van der Waals surface area (Å²) in [5.41, 5.74) is 0.670. The normalized spacial score (nSPS) is 10.7. The van der Waals surface area contributed by atoms with Crippen molar-refractivity contribution in [3.63, 3.8) is 0 Å². The predicted octanol–water partition coefficient (Wildman–Crippen LogP) is 1.64. The molecular formula is C15H21FN6. The molecule has 7 heteroatoms. The molecule has 0 bridgehead atoms. The highest BCUT2D eigenvalue weighted by Crippen LogP contribution is 2.08. The quantitative estimate of drug-likeness (QED) is 0.773. The number of likely N-dealkylation sites (N-methyl/N-ethyl adjacent to an activating group) is 1. The van der Waals surface area contributed by atoms with Gasteiger partial charge in [-0.15, -0.1) is 5.10 Å². The zero-order valence-corrected chi connectivity index (χ0v) is 12.9. The molecule has 1 heterocycles. The van der Waals surface area contributed by atoms with Gasteiger partial charge in [0.2, 0.25) is 5.95 Å². The van der Waals surface area contributed by atoms with Gasteiger partial charge < -0.3 is 15.5 Å². The summed E-state index contributed by atoms with van der Waals surface area (Å²) in [5, 5.41) is 14.1. The highest BCUT2D eigenvalue weighted by molar-refractivity contribution is 5.37. The highest BCUT2D eigenvalue weighted by atomic mass is 19.1. The lowest BCUT2D eigenvalue weighted by Crippen LogP contribution is -2.21. The van der Waals surface area contributed by atoms with Gasteiger partial charge in [-0.25, -0.2) is 4.39 Å². The molecule has 0 saturated carbocycles. The molecule has 2 rings (SSSR count). The summed E-state index contributed by atoms with van der Waals surface area (Å²) in [4.78, 5) is 6.39. The number of rotatable bonds is 8. The van der Waals surface area contributed by atoms with Crippen LogP contribution in [0.1, 0.15) is 5.56 Å². The second kappa shape index (κ2) is 8.23. The smallest absolute Gasteiger partial charge is 0.244 e. The first-order valence-electron chi connectivity index (χ1n) is 7.21. The second-order valence-corrected chi connectivity index (χ2v) is 5.16. The van der Waals surface area contributed by atoms with Gasteiger partial charge in [0.25, 0.3) is 0 Å². The number of aromatic nitrogens is 3. The first-order chi connectivity index (χ1) is 10.6. The molecule has 2 N–H and O–H groups in total. The molecule has 1 aromatic carbocycles. The van der Waals surface area contributed by atoms with Gasteiger partial charge in [0, 0.05) is 19.6 Å². The van der Waals surface area contributed by atoms with Crippen LogP contribution in [0.15, 0.2) is 30.5 Å². The fourth-order valence-electron chi connectivity index (χ4n) is 1.88. The highest BCUT2D eigenvalue weighted by Gasteiger charge is 2.03. The summed E-state index contributed by atoms with van der Waals surface area (Å²) in [6.45, 7) is 2.23. The molecule has 0 amide bonds. The van der Waals surface area contributed by atoms with E-state index in [1.54, 1.807) is 18.3 Å². The maximum Gasteiger partial charge on any atom is 0.244 e. The molecule has 0 fully saturated rings. The van der Waals surface area contributed by atoms with Gasteiger partial charge in [-0.2, -0.15) is 10.1 Å². The maximum absolute atomic E-state index is 13.5. The Morgan fingerprint density at radius 1 is 1.14 bits per heavy atom. The SMILES string of the molecule is CN(C)CCNc1cnnc(NCCc2ccccc2F)n1. The van der Waals surface area contributed by atoms with Crippen molar-refractivity contribution in [3.05, 3.63) is 41.8 Å². The fourth-order valence-corrected chi connectivity index (χ4v) is 1.88. The van der Waals surface area contributed by atoms with Gasteiger partial charge in [-0.3, -0.25) is 0 Å². The second-order valence-electron chi connectivity index (χ2n) is 5.16. The summed E-state index contributed by atoms with van der Waals surface area (Å²) in [7, 11) is 4.02. The van der Waals surface area contributed by atoms with Crippen molar-refractivity contribution in [1.29, 1.82) is 0 Å². The molecule has 22 heavy (non-hydrogen) atoms. The van der Waals surface area contributed by atoms with Gasteiger partial charge in [-0.1, -0.05) is 18.2 Å². The number of nitrogens with zero attached hydrogens (tertiary/aromatic N) is 4. The zero-order valence-electron chi connectivity index (χ0n) is 12.9. The molecule has 0 radical (unpaired) electrons. The van der Waals surface area contributed by atoms with E-state index in [0.29, 0.717) is 30.3 Å². The van der Waals surface area contributed by atoms with E-state index in [1.807, 2.05) is 20.2 Å². The van der Waals surface area contributed by atoms with Crippen LogP contribution in [0.2, 0.25) is 0 Å². The average molecular weight is 304 g/mol. The Balaban J connectivity index is 1.81. The molecule has 0 aliphatic heterocycles. The number of benzene rings is 1. The molecule has 0 aliphatic carbocycles. The fraction of sp³-hybridized carbons (Fsp3) is 0.400. The van der Waals surface area contributed by atoms with Crippen molar-refractivity contribution < 1.29 is 4.39 Å². The molecule has 0 saturated heterocycles. The number of hydrogen-bond donors (Lipinski definition) is 2. The van der Waals surface area contributed by atoms with Crippen LogP contribution >= 0.6 is 0 Å². The van der Waals surface area contributed by atoms with Gasteiger partial charge in [0.05, 0.1) is 6.20 Å². The first kappa shape index (κ1) is 16.1. The third-order valence-corrected chi connectivity index (χ3v) is 3.06. The Labute approximate surface area is 129 Å². The van der Waals surface area contributed by atoms with E-state index in [1.165, 1.54) is 6.07 Å². The van der Waals surface area contributed by atoms with Crippen LogP contribution in [0.4, 0.5) is 16.2 Å². The lowest BCUT2D eigenvalue weighted by Gasteiger charge is -2.11. The number of nitrogens with one attached hydrogen (secondary N) is 2. The summed E-state index contributed by atoms with van der Waals surface area (Å²) in [5.74, 6) is 0.916. The molecule has 0 atom stereocenters. The molecule has 6 nitrogen and oxygen atoms in total. The zero-order chi connectivity index (χ0) is 15.8. The van der Waals surface area contributed by atoms with E-state index < -0.39 is 0 Å². The number of halogens is 1. The van der Waals surface area contributed by atoms with E-state index in [4.69, 9.17) is 0 Å². The lowest BCUT2D eigenvalue weighted by atomic mass is 10.1. The van der Waals surface area contributed by atoms with Crippen molar-refractivity contribution in [1.82, 2.24) is 20.1 Å². The van der Waals surface area contributed by atoms with Gasteiger partial charge in [-0.05, 0) is 32.1 Å². The summed E-state index contributed by atoms with van der Waals surface area (Å²) in [6.07, 6.45) is 2.14. The summed E-state index contributed by atoms with van der Waals surface area (Å²) in [6, 6.07) is 6.74. The first-order valence-corrected chi connectivity index (χ1v) is 7.21. The number of anilines is 2. The Hall–Kier alpha value is -2.28. The largest absolute Gasteiger partial charge is 0.367 e. The van der Waals surface area contributed by atoms with E-state index in [0.717, 1.165) is 13.1 Å². The lowest BCUT2D eigenvalue weighted by molar-refractivity contribution is 0.425. The third-order valence-electron chi connectivity index (χ3n) is 3.06. The van der Waals surface area contributed by atoms with Crippen LogP contribution in [0.25, 0.3) is 0 Å². The molecule has 0 aliphatic rings. The number of hydrogen-bond acceptors (Lipinski definition) is 6. The van der Waals surface area contributed by atoms with E-state index in [-0.39, 0.29) is 5.82 Å². The van der Waals surface area contributed by atoms with Gasteiger partial charge in [0.1, 0.15) is 5.82 Å². The standard InChI is InChI=1S/C15H21FN6/c1-22(2)10-9-17-14-11-19-21-15(20-14)18-8-7-12-5-3-4-6-13(12)16/h3-6,11H,7-10H2,1-2H3,(H2,17,18,20,21). The van der Waals surface area contributed by atoms with Crippen molar-refractivity contribution in [3.8, 4) is 0 Å². The summed E-state index contributed by atoms with van der Waals surface area (Å²) >= 11 is 0. The molecule has 2 aromatic rings. The van der Waals surface area contributed by atoms with Crippen LogP contribution in [-0.2, 0) is 6.42 Å². The minimum absolute atomic E-state index is 0.192. The molecular weight excluding hydrogens is 283 g/mol. The van der Waals surface area contributed by atoms with E-state index in [9.17, 15) is 4.39 Å². The minimum Gasteiger partial charge on any atom is -0.367 e. The average Bonchev–Trinajstić information content (AvgIpc) is 2.49. The Morgan fingerprint density at radius 2 is 1.95 bits per heavy atom. The monoisotopic (exact) mass is 304 g/mol.